The lowest BCUT2D eigenvalue weighted by Gasteiger charge is -2.29. The Bertz CT molecular complexity index is 824. The molecule has 1 amide bonds. The van der Waals surface area contributed by atoms with Gasteiger partial charge in [0.05, 0.1) is 19.7 Å². The zero-order valence-electron chi connectivity index (χ0n) is 17.9. The van der Waals surface area contributed by atoms with E-state index in [0.29, 0.717) is 13.1 Å². The number of carbonyl (C=O) groups is 1. The summed E-state index contributed by atoms with van der Waals surface area (Å²) in [6.07, 6.45) is 3.23. The second kappa shape index (κ2) is 11.3. The Morgan fingerprint density at radius 3 is 2.60 bits per heavy atom. The highest BCUT2D eigenvalue weighted by atomic mass is 35.5. The minimum atomic E-state index is 0.0359. The highest BCUT2D eigenvalue weighted by Crippen LogP contribution is 2.29. The van der Waals surface area contributed by atoms with Crippen LogP contribution in [-0.2, 0) is 11.2 Å². The Hall–Kier alpha value is -2.08. The first kappa shape index (κ1) is 22.6. The fraction of sp³-hybridized carbons (Fsp3) is 0.458. The second-order valence-electron chi connectivity index (χ2n) is 7.88. The quantitative estimate of drug-likeness (QED) is 0.624. The molecule has 0 radical (unpaired) electrons. The number of para-hydroxylation sites is 1. The number of hydrogen-bond donors (Lipinski definition) is 1. The molecule has 0 spiro atoms. The van der Waals surface area contributed by atoms with Crippen molar-refractivity contribution in [2.45, 2.75) is 25.3 Å². The van der Waals surface area contributed by atoms with Crippen molar-refractivity contribution in [3.63, 3.8) is 0 Å². The van der Waals surface area contributed by atoms with Gasteiger partial charge in [0, 0.05) is 18.1 Å². The number of likely N-dealkylation sites (tertiary alicyclic amines) is 1. The third-order valence-electron chi connectivity index (χ3n) is 5.71. The number of ether oxygens (including phenoxy) is 1. The van der Waals surface area contributed by atoms with E-state index in [0.717, 1.165) is 48.0 Å². The number of hydrogen-bond acceptors (Lipinski definition) is 4. The number of nitrogens with one attached hydrogen (secondary N) is 1. The van der Waals surface area contributed by atoms with E-state index in [4.69, 9.17) is 16.3 Å². The van der Waals surface area contributed by atoms with E-state index in [1.54, 1.807) is 7.11 Å². The predicted octanol–water partition coefficient (Wildman–Crippen LogP) is 3.78. The van der Waals surface area contributed by atoms with Crippen molar-refractivity contribution >= 4 is 17.5 Å². The molecule has 1 atom stereocenters. The van der Waals surface area contributed by atoms with Crippen LogP contribution in [0.5, 0.6) is 5.75 Å². The molecular weight excluding hydrogens is 398 g/mol. The fourth-order valence-electron chi connectivity index (χ4n) is 4.05. The average molecular weight is 430 g/mol. The zero-order chi connectivity index (χ0) is 21.3. The van der Waals surface area contributed by atoms with E-state index < -0.39 is 0 Å². The van der Waals surface area contributed by atoms with Crippen LogP contribution in [0.3, 0.4) is 0 Å². The third-order valence-corrected chi connectivity index (χ3v) is 6.05. The van der Waals surface area contributed by atoms with Crippen molar-refractivity contribution < 1.29 is 9.53 Å². The van der Waals surface area contributed by atoms with E-state index in [-0.39, 0.29) is 11.9 Å². The standard InChI is InChI=1S/C24H32ClN3O2/c1-27(16-13-19-9-3-6-12-23(19)30-2)18-24(29)26-17-22(28-14-7-8-15-28)20-10-4-5-11-21(20)25/h3-6,9-12,22H,7-8,13-18H2,1-2H3,(H,26,29). The first-order valence-electron chi connectivity index (χ1n) is 10.6. The molecule has 0 saturated carbocycles. The van der Waals surface area contributed by atoms with Gasteiger partial charge < -0.3 is 10.1 Å². The van der Waals surface area contributed by atoms with Gasteiger partial charge in [0.15, 0.2) is 0 Å². The number of benzene rings is 2. The van der Waals surface area contributed by atoms with Crippen molar-refractivity contribution in [3.05, 3.63) is 64.7 Å². The molecular formula is C24H32ClN3O2. The van der Waals surface area contributed by atoms with Gasteiger partial charge in [-0.1, -0.05) is 48.0 Å². The summed E-state index contributed by atoms with van der Waals surface area (Å²) in [6, 6.07) is 16.1. The van der Waals surface area contributed by atoms with E-state index in [2.05, 4.69) is 22.3 Å². The predicted molar refractivity (Wildman–Crippen MR) is 122 cm³/mol. The third kappa shape index (κ3) is 6.21. The molecule has 0 bridgehead atoms. The Kier molecular flexibility index (Phi) is 8.55. The Morgan fingerprint density at radius 1 is 1.17 bits per heavy atom. The Balaban J connectivity index is 1.52. The summed E-state index contributed by atoms with van der Waals surface area (Å²) in [7, 11) is 3.66. The van der Waals surface area contributed by atoms with Crippen LogP contribution in [-0.4, -0.2) is 62.6 Å². The molecule has 1 aliphatic heterocycles. The van der Waals surface area contributed by atoms with Crippen molar-refractivity contribution in [1.82, 2.24) is 15.1 Å². The second-order valence-corrected chi connectivity index (χ2v) is 8.29. The highest BCUT2D eigenvalue weighted by Gasteiger charge is 2.25. The number of methoxy groups -OCH3 is 1. The first-order valence-corrected chi connectivity index (χ1v) is 11.0. The molecule has 1 aliphatic rings. The minimum absolute atomic E-state index is 0.0359. The topological polar surface area (TPSA) is 44.8 Å². The Labute approximate surface area is 185 Å². The highest BCUT2D eigenvalue weighted by molar-refractivity contribution is 6.31. The molecule has 6 heteroatoms. The lowest BCUT2D eigenvalue weighted by molar-refractivity contribution is -0.122. The van der Waals surface area contributed by atoms with Gasteiger partial charge in [0.2, 0.25) is 5.91 Å². The fourth-order valence-corrected chi connectivity index (χ4v) is 4.31. The smallest absolute Gasteiger partial charge is 0.234 e. The van der Waals surface area contributed by atoms with Crippen LogP contribution in [0.15, 0.2) is 48.5 Å². The van der Waals surface area contributed by atoms with Crippen molar-refractivity contribution in [2.75, 3.05) is 46.9 Å². The van der Waals surface area contributed by atoms with Gasteiger partial charge in [0.25, 0.3) is 0 Å². The molecule has 5 nitrogen and oxygen atoms in total. The van der Waals surface area contributed by atoms with E-state index in [9.17, 15) is 4.79 Å². The summed E-state index contributed by atoms with van der Waals surface area (Å²) >= 11 is 6.46. The summed E-state index contributed by atoms with van der Waals surface area (Å²) in [5.74, 6) is 0.928. The maximum Gasteiger partial charge on any atom is 0.234 e. The monoisotopic (exact) mass is 429 g/mol. The van der Waals surface area contributed by atoms with Crippen molar-refractivity contribution in [2.24, 2.45) is 0 Å². The molecule has 0 aliphatic carbocycles. The first-order chi connectivity index (χ1) is 14.6. The van der Waals surface area contributed by atoms with Gasteiger partial charge in [-0.3, -0.25) is 14.6 Å². The van der Waals surface area contributed by atoms with Gasteiger partial charge in [-0.25, -0.2) is 0 Å². The number of halogens is 1. The van der Waals surface area contributed by atoms with Gasteiger partial charge in [-0.2, -0.15) is 0 Å². The SMILES string of the molecule is COc1ccccc1CCN(C)CC(=O)NCC(c1ccccc1Cl)N1CCCC1. The summed E-state index contributed by atoms with van der Waals surface area (Å²) in [6.45, 7) is 3.82. The zero-order valence-corrected chi connectivity index (χ0v) is 18.7. The van der Waals surface area contributed by atoms with Crippen LogP contribution in [0.4, 0.5) is 0 Å². The van der Waals surface area contributed by atoms with Crippen molar-refractivity contribution in [3.8, 4) is 5.75 Å². The van der Waals surface area contributed by atoms with Crippen molar-refractivity contribution in [1.29, 1.82) is 0 Å². The molecule has 2 aromatic rings. The Morgan fingerprint density at radius 2 is 1.87 bits per heavy atom. The molecule has 1 unspecified atom stereocenters. The molecule has 30 heavy (non-hydrogen) atoms. The molecule has 0 aromatic heterocycles. The van der Waals surface area contributed by atoms with Gasteiger partial charge >= 0.3 is 0 Å². The molecule has 1 heterocycles. The van der Waals surface area contributed by atoms with Gasteiger partial charge in [0.1, 0.15) is 5.75 Å². The number of rotatable bonds is 10. The number of nitrogens with zero attached hydrogens (tertiary/aromatic N) is 2. The molecule has 1 fully saturated rings. The normalized spacial score (nSPS) is 15.3. The molecule has 162 valence electrons. The van der Waals surface area contributed by atoms with Gasteiger partial charge in [-0.05, 0) is 62.7 Å². The summed E-state index contributed by atoms with van der Waals surface area (Å²) in [4.78, 5) is 17.1. The largest absolute Gasteiger partial charge is 0.496 e. The summed E-state index contributed by atoms with van der Waals surface area (Å²) < 4.78 is 5.41. The van der Waals surface area contributed by atoms with E-state index in [1.807, 2.05) is 48.3 Å². The number of amides is 1. The maximum atomic E-state index is 12.6. The van der Waals surface area contributed by atoms with Crippen LogP contribution in [0.2, 0.25) is 5.02 Å². The van der Waals surface area contributed by atoms with E-state index >= 15 is 0 Å². The minimum Gasteiger partial charge on any atom is -0.496 e. The van der Waals surface area contributed by atoms with Crippen LogP contribution in [0, 0.1) is 0 Å². The van der Waals surface area contributed by atoms with E-state index in [1.165, 1.54) is 12.8 Å². The number of carbonyl (C=O) groups excluding carboxylic acids is 1. The molecule has 1 saturated heterocycles. The molecule has 1 N–H and O–H groups in total. The summed E-state index contributed by atoms with van der Waals surface area (Å²) in [5.41, 5.74) is 2.24. The lowest BCUT2D eigenvalue weighted by atomic mass is 10.1. The van der Waals surface area contributed by atoms with Crippen LogP contribution >= 0.6 is 11.6 Å². The molecule has 3 rings (SSSR count). The van der Waals surface area contributed by atoms with Gasteiger partial charge in [-0.15, -0.1) is 0 Å². The lowest BCUT2D eigenvalue weighted by Crippen LogP contribution is -2.41. The average Bonchev–Trinajstić information content (AvgIpc) is 3.28. The maximum absolute atomic E-state index is 12.6. The van der Waals surface area contributed by atoms with Crippen LogP contribution < -0.4 is 10.1 Å². The van der Waals surface area contributed by atoms with Crippen LogP contribution in [0.25, 0.3) is 0 Å². The molecule has 2 aromatic carbocycles. The number of likely N-dealkylation sites (N-methyl/N-ethyl adjacent to an activating group) is 1. The van der Waals surface area contributed by atoms with Crippen LogP contribution in [0.1, 0.15) is 30.0 Å². The summed E-state index contributed by atoms with van der Waals surface area (Å²) in [5, 5.41) is 3.89.